The molecule has 0 aromatic rings. The summed E-state index contributed by atoms with van der Waals surface area (Å²) in [6.07, 6.45) is -5.87. The first-order valence-electron chi connectivity index (χ1n) is 4.42. The number of likely N-dealkylation sites (tertiary alicyclic amines) is 1. The third-order valence-electron chi connectivity index (χ3n) is 2.42. The van der Waals surface area contributed by atoms with Gasteiger partial charge in [0.15, 0.2) is 0 Å². The van der Waals surface area contributed by atoms with Gasteiger partial charge in [-0.1, -0.05) is 0 Å². The van der Waals surface area contributed by atoms with Gasteiger partial charge in [-0.25, -0.2) is 0 Å². The van der Waals surface area contributed by atoms with Crippen molar-refractivity contribution in [1.29, 1.82) is 0 Å². The molecule has 0 spiro atoms. The summed E-state index contributed by atoms with van der Waals surface area (Å²) < 4.78 is 39.5. The first-order chi connectivity index (χ1) is 6.29. The van der Waals surface area contributed by atoms with E-state index in [1.807, 2.05) is 0 Å². The van der Waals surface area contributed by atoms with Crippen LogP contribution in [0, 0.1) is 0 Å². The van der Waals surface area contributed by atoms with Gasteiger partial charge < -0.3 is 5.11 Å². The molecular weight excluding hydrogens is 199 g/mol. The van der Waals surface area contributed by atoms with Crippen molar-refractivity contribution >= 4 is 0 Å². The maximum atomic E-state index is 11.9. The van der Waals surface area contributed by atoms with Gasteiger partial charge >= 0.3 is 6.36 Å². The molecule has 0 amide bonds. The van der Waals surface area contributed by atoms with Crippen molar-refractivity contribution in [2.45, 2.75) is 38.0 Å². The average molecular weight is 213 g/mol. The van der Waals surface area contributed by atoms with Gasteiger partial charge in [0.2, 0.25) is 0 Å². The molecule has 1 N–H and O–H groups in total. The highest BCUT2D eigenvalue weighted by molar-refractivity contribution is 4.87. The number of aliphatic hydroxyl groups excluding tert-OH is 1. The van der Waals surface area contributed by atoms with E-state index in [4.69, 9.17) is 0 Å². The van der Waals surface area contributed by atoms with Crippen LogP contribution in [0.15, 0.2) is 0 Å². The third-order valence-corrected chi connectivity index (χ3v) is 2.42. The number of likely N-dealkylation sites (N-methyl/N-ethyl adjacent to an activating group) is 1. The Morgan fingerprint density at radius 1 is 1.50 bits per heavy atom. The maximum Gasteiger partial charge on any atom is 0.522 e. The Balaban J connectivity index is 2.47. The van der Waals surface area contributed by atoms with E-state index in [0.717, 1.165) is 0 Å². The summed E-state index contributed by atoms with van der Waals surface area (Å²) in [6, 6.07) is -0.248. The molecule has 0 aromatic heterocycles. The zero-order valence-electron chi connectivity index (χ0n) is 8.08. The lowest BCUT2D eigenvalue weighted by atomic mass is 10.1. The van der Waals surface area contributed by atoms with Gasteiger partial charge in [-0.3, -0.25) is 9.64 Å². The van der Waals surface area contributed by atoms with E-state index in [1.54, 1.807) is 18.9 Å². The van der Waals surface area contributed by atoms with Crippen molar-refractivity contribution in [2.75, 3.05) is 13.6 Å². The Morgan fingerprint density at radius 3 is 2.43 bits per heavy atom. The lowest BCUT2D eigenvalue weighted by Gasteiger charge is -2.21. The molecular formula is C8H14F3NO2. The van der Waals surface area contributed by atoms with E-state index in [2.05, 4.69) is 4.74 Å². The minimum absolute atomic E-state index is 0.203. The van der Waals surface area contributed by atoms with Crippen LogP contribution in [0.5, 0.6) is 0 Å². The summed E-state index contributed by atoms with van der Waals surface area (Å²) in [5.74, 6) is 0. The molecule has 1 aliphatic rings. The number of halogens is 3. The Hall–Kier alpha value is -0.330. The van der Waals surface area contributed by atoms with E-state index in [1.165, 1.54) is 0 Å². The molecule has 0 bridgehead atoms. The summed E-state index contributed by atoms with van der Waals surface area (Å²) >= 11 is 0. The summed E-state index contributed by atoms with van der Waals surface area (Å²) in [4.78, 5) is 1.68. The van der Waals surface area contributed by atoms with E-state index < -0.39 is 18.6 Å². The van der Waals surface area contributed by atoms with E-state index in [9.17, 15) is 18.3 Å². The Labute approximate surface area is 80.5 Å². The number of rotatable bonds is 2. The molecule has 1 heterocycles. The molecule has 3 nitrogen and oxygen atoms in total. The van der Waals surface area contributed by atoms with Crippen LogP contribution in [-0.4, -0.2) is 48.2 Å². The maximum absolute atomic E-state index is 11.9. The largest absolute Gasteiger partial charge is 0.522 e. The lowest BCUT2D eigenvalue weighted by molar-refractivity contribution is -0.340. The summed E-state index contributed by atoms with van der Waals surface area (Å²) in [5, 5.41) is 9.26. The highest BCUT2D eigenvalue weighted by Crippen LogP contribution is 2.27. The van der Waals surface area contributed by atoms with Crippen LogP contribution >= 0.6 is 0 Å². The normalized spacial score (nSPS) is 32.1. The Morgan fingerprint density at radius 2 is 2.07 bits per heavy atom. The quantitative estimate of drug-likeness (QED) is 0.742. The van der Waals surface area contributed by atoms with Crippen molar-refractivity contribution in [2.24, 2.45) is 0 Å². The zero-order valence-corrected chi connectivity index (χ0v) is 8.08. The highest BCUT2D eigenvalue weighted by Gasteiger charge is 2.40. The monoisotopic (exact) mass is 213 g/mol. The molecule has 0 aliphatic carbocycles. The van der Waals surface area contributed by atoms with Gasteiger partial charge in [0.25, 0.3) is 0 Å². The van der Waals surface area contributed by atoms with Gasteiger partial charge in [-0.2, -0.15) is 0 Å². The zero-order chi connectivity index (χ0) is 10.9. The van der Waals surface area contributed by atoms with E-state index in [0.29, 0.717) is 0 Å². The smallest absolute Gasteiger partial charge is 0.392 e. The van der Waals surface area contributed by atoms with Gasteiger partial charge in [-0.05, 0) is 20.4 Å². The molecule has 3 atom stereocenters. The van der Waals surface area contributed by atoms with Crippen LogP contribution in [0.3, 0.4) is 0 Å². The topological polar surface area (TPSA) is 32.7 Å². The lowest BCUT2D eigenvalue weighted by Crippen LogP contribution is -2.34. The average Bonchev–Trinajstić information content (AvgIpc) is 2.26. The predicted molar refractivity (Wildman–Crippen MR) is 43.6 cm³/mol. The minimum atomic E-state index is -4.58. The van der Waals surface area contributed by atoms with Crippen molar-refractivity contribution in [3.63, 3.8) is 0 Å². The number of hydrogen-bond acceptors (Lipinski definition) is 3. The Bertz CT molecular complexity index is 196. The van der Waals surface area contributed by atoms with Crippen molar-refractivity contribution in [3.8, 4) is 0 Å². The molecule has 1 rings (SSSR count). The second kappa shape index (κ2) is 4.04. The van der Waals surface area contributed by atoms with Crippen LogP contribution in [0.2, 0.25) is 0 Å². The van der Waals surface area contributed by atoms with Crippen molar-refractivity contribution in [3.05, 3.63) is 0 Å². The van der Waals surface area contributed by atoms with Crippen molar-refractivity contribution in [1.82, 2.24) is 4.90 Å². The SMILES string of the molecule is C[C@H](O)[C@@H]1C[C@@H](OC(F)(F)F)CN1C. The van der Waals surface area contributed by atoms with E-state index >= 15 is 0 Å². The number of aliphatic hydroxyl groups is 1. The molecule has 0 saturated carbocycles. The highest BCUT2D eigenvalue weighted by atomic mass is 19.4. The molecule has 6 heteroatoms. The van der Waals surface area contributed by atoms with Crippen LogP contribution in [0.25, 0.3) is 0 Å². The molecule has 0 radical (unpaired) electrons. The molecule has 84 valence electrons. The van der Waals surface area contributed by atoms with Crippen LogP contribution in [0.4, 0.5) is 13.2 Å². The minimum Gasteiger partial charge on any atom is -0.392 e. The number of ether oxygens (including phenoxy) is 1. The standard InChI is InChI=1S/C8H14F3NO2/c1-5(13)7-3-6(4-12(7)2)14-8(9,10)11/h5-7,13H,3-4H2,1-2H3/t5-,6+,7-/m0/s1. The van der Waals surface area contributed by atoms with Gasteiger partial charge in [0, 0.05) is 12.6 Å². The van der Waals surface area contributed by atoms with Gasteiger partial charge in [0.1, 0.15) is 0 Å². The molecule has 1 aliphatic heterocycles. The summed E-state index contributed by atoms with van der Waals surface area (Å²) in [7, 11) is 1.68. The second-order valence-corrected chi connectivity index (χ2v) is 3.67. The summed E-state index contributed by atoms with van der Waals surface area (Å²) in [6.45, 7) is 1.77. The fourth-order valence-electron chi connectivity index (χ4n) is 1.82. The first-order valence-corrected chi connectivity index (χ1v) is 4.42. The molecule has 1 fully saturated rings. The second-order valence-electron chi connectivity index (χ2n) is 3.67. The fourth-order valence-corrected chi connectivity index (χ4v) is 1.82. The van der Waals surface area contributed by atoms with Crippen molar-refractivity contribution < 1.29 is 23.0 Å². The van der Waals surface area contributed by atoms with Crippen LogP contribution in [-0.2, 0) is 4.74 Å². The van der Waals surface area contributed by atoms with Gasteiger partial charge in [-0.15, -0.1) is 13.2 Å². The number of hydrogen-bond donors (Lipinski definition) is 1. The predicted octanol–water partition coefficient (Wildman–Crippen LogP) is 0.976. The van der Waals surface area contributed by atoms with Crippen LogP contribution in [0.1, 0.15) is 13.3 Å². The number of nitrogens with zero attached hydrogens (tertiary/aromatic N) is 1. The van der Waals surface area contributed by atoms with Gasteiger partial charge in [0.05, 0.1) is 12.2 Å². The van der Waals surface area contributed by atoms with E-state index in [-0.39, 0.29) is 19.0 Å². The van der Waals surface area contributed by atoms with Crippen LogP contribution < -0.4 is 0 Å². The fraction of sp³-hybridized carbons (Fsp3) is 1.00. The molecule has 1 saturated heterocycles. The molecule has 0 aromatic carbocycles. The summed E-state index contributed by atoms with van der Waals surface area (Å²) in [5.41, 5.74) is 0. The third kappa shape index (κ3) is 3.11. The molecule has 14 heavy (non-hydrogen) atoms. The first kappa shape index (κ1) is 11.7. The Kier molecular flexibility index (Phi) is 3.39. The molecule has 0 unspecified atom stereocenters. The number of alkyl halides is 3.